The van der Waals surface area contributed by atoms with E-state index in [0.29, 0.717) is 17.2 Å². The molecule has 0 aromatic heterocycles. The lowest BCUT2D eigenvalue weighted by Crippen LogP contribution is -1.92. The molecule has 0 fully saturated rings. The largest absolute Gasteiger partial charge is 0.454 e. The van der Waals surface area contributed by atoms with Crippen LogP contribution in [0, 0.1) is 6.07 Å². The minimum Gasteiger partial charge on any atom is -0.454 e. The molecule has 1 aromatic carbocycles. The van der Waals surface area contributed by atoms with Crippen molar-refractivity contribution in [1.82, 2.24) is 0 Å². The first kappa shape index (κ1) is 5.41. The summed E-state index contributed by atoms with van der Waals surface area (Å²) in [7, 11) is 0. The molecule has 2 rings (SSSR count). The quantitative estimate of drug-likeness (QED) is 0.536. The molecular weight excluding hydrogens is 130 g/mol. The number of nitrogen functional groups attached to an aromatic ring is 1. The Hall–Kier alpha value is -1.38. The highest BCUT2D eigenvalue weighted by molar-refractivity contribution is 5.51. The van der Waals surface area contributed by atoms with Crippen LogP contribution in [0.4, 0.5) is 5.69 Å². The summed E-state index contributed by atoms with van der Waals surface area (Å²) < 4.78 is 10.1. The molecule has 3 heteroatoms. The summed E-state index contributed by atoms with van der Waals surface area (Å²) in [6.45, 7) is 0.284. The van der Waals surface area contributed by atoms with Crippen molar-refractivity contribution in [2.24, 2.45) is 0 Å². The molecule has 10 heavy (non-hydrogen) atoms. The van der Waals surface area contributed by atoms with Crippen LogP contribution >= 0.6 is 0 Å². The third-order valence-electron chi connectivity index (χ3n) is 1.33. The number of hydrogen-bond acceptors (Lipinski definition) is 3. The molecule has 0 aliphatic carbocycles. The molecule has 1 heterocycles. The van der Waals surface area contributed by atoms with Crippen molar-refractivity contribution in [2.75, 3.05) is 12.5 Å². The van der Waals surface area contributed by atoms with E-state index in [1.165, 1.54) is 0 Å². The van der Waals surface area contributed by atoms with E-state index in [2.05, 4.69) is 6.07 Å². The predicted octanol–water partition coefficient (Wildman–Crippen LogP) is 0.798. The Morgan fingerprint density at radius 2 is 2.20 bits per heavy atom. The van der Waals surface area contributed by atoms with E-state index >= 15 is 0 Å². The third kappa shape index (κ3) is 0.673. The SMILES string of the molecule is Nc1[c]cc2c(c1)OCO2. The number of rotatable bonds is 0. The average Bonchev–Trinajstić information content (AvgIpc) is 2.33. The van der Waals surface area contributed by atoms with E-state index < -0.39 is 0 Å². The summed E-state index contributed by atoms with van der Waals surface area (Å²) in [5.41, 5.74) is 6.01. The molecule has 3 nitrogen and oxygen atoms in total. The first-order valence-electron chi connectivity index (χ1n) is 2.93. The van der Waals surface area contributed by atoms with Crippen LogP contribution in [-0.2, 0) is 0 Å². The number of ether oxygens (including phenoxy) is 2. The van der Waals surface area contributed by atoms with Crippen LogP contribution < -0.4 is 15.2 Å². The van der Waals surface area contributed by atoms with Crippen LogP contribution in [0.25, 0.3) is 0 Å². The van der Waals surface area contributed by atoms with E-state index in [1.807, 2.05) is 0 Å². The fraction of sp³-hybridized carbons (Fsp3) is 0.143. The first-order valence-corrected chi connectivity index (χ1v) is 2.93. The number of benzene rings is 1. The Morgan fingerprint density at radius 1 is 1.40 bits per heavy atom. The Labute approximate surface area is 58.4 Å². The fourth-order valence-electron chi connectivity index (χ4n) is 0.856. The number of anilines is 1. The maximum Gasteiger partial charge on any atom is 0.231 e. The Kier molecular flexibility index (Phi) is 0.974. The summed E-state index contributed by atoms with van der Waals surface area (Å²) in [6.07, 6.45) is 0. The molecule has 0 bridgehead atoms. The fourth-order valence-corrected chi connectivity index (χ4v) is 0.856. The maximum absolute atomic E-state index is 5.44. The predicted molar refractivity (Wildman–Crippen MR) is 35.8 cm³/mol. The topological polar surface area (TPSA) is 44.5 Å². The van der Waals surface area contributed by atoms with Gasteiger partial charge in [-0.3, -0.25) is 0 Å². The molecule has 0 saturated carbocycles. The van der Waals surface area contributed by atoms with Gasteiger partial charge in [-0.05, 0) is 6.07 Å². The van der Waals surface area contributed by atoms with Crippen molar-refractivity contribution in [3.63, 3.8) is 0 Å². The first-order chi connectivity index (χ1) is 4.86. The lowest BCUT2D eigenvalue weighted by molar-refractivity contribution is 0.174. The van der Waals surface area contributed by atoms with Gasteiger partial charge in [0.1, 0.15) is 0 Å². The van der Waals surface area contributed by atoms with Crippen molar-refractivity contribution in [2.45, 2.75) is 0 Å². The summed E-state index contributed by atoms with van der Waals surface area (Å²) in [5.74, 6) is 1.42. The molecule has 0 saturated heterocycles. The van der Waals surface area contributed by atoms with Gasteiger partial charge in [0.2, 0.25) is 6.79 Å². The number of hydrogen-bond donors (Lipinski definition) is 1. The smallest absolute Gasteiger partial charge is 0.231 e. The van der Waals surface area contributed by atoms with Crippen molar-refractivity contribution in [3.05, 3.63) is 18.2 Å². The molecule has 1 aliphatic rings. The van der Waals surface area contributed by atoms with Crippen LogP contribution in [0.5, 0.6) is 11.5 Å². The minimum absolute atomic E-state index is 0.284. The average molecular weight is 136 g/mol. The molecular formula is C7H6NO2. The normalized spacial score (nSPS) is 13.6. The van der Waals surface area contributed by atoms with Gasteiger partial charge in [0.25, 0.3) is 0 Å². The van der Waals surface area contributed by atoms with Crippen molar-refractivity contribution >= 4 is 5.69 Å². The zero-order valence-electron chi connectivity index (χ0n) is 5.26. The van der Waals surface area contributed by atoms with Crippen LogP contribution in [0.3, 0.4) is 0 Å². The van der Waals surface area contributed by atoms with Crippen molar-refractivity contribution < 1.29 is 9.47 Å². The molecule has 1 aromatic rings. The summed E-state index contributed by atoms with van der Waals surface area (Å²) in [4.78, 5) is 0. The second-order valence-electron chi connectivity index (χ2n) is 2.02. The molecule has 0 unspecified atom stereocenters. The van der Waals surface area contributed by atoms with Crippen LogP contribution in [-0.4, -0.2) is 6.79 Å². The van der Waals surface area contributed by atoms with Gasteiger partial charge in [0.05, 0.1) is 0 Å². The van der Waals surface area contributed by atoms with Crippen molar-refractivity contribution in [3.8, 4) is 11.5 Å². The van der Waals surface area contributed by atoms with Gasteiger partial charge in [0.15, 0.2) is 11.5 Å². The van der Waals surface area contributed by atoms with Crippen LogP contribution in [0.15, 0.2) is 12.1 Å². The third-order valence-corrected chi connectivity index (χ3v) is 1.33. The van der Waals surface area contributed by atoms with Gasteiger partial charge in [-0.25, -0.2) is 0 Å². The second kappa shape index (κ2) is 1.80. The standard InChI is InChI=1S/C7H6NO2/c8-5-1-2-6-7(3-5)10-4-9-6/h2-3H,4,8H2. The Morgan fingerprint density at radius 3 is 3.10 bits per heavy atom. The minimum atomic E-state index is 0.284. The zero-order chi connectivity index (χ0) is 6.97. The van der Waals surface area contributed by atoms with Gasteiger partial charge >= 0.3 is 0 Å². The Bertz CT molecular complexity index is 260. The van der Waals surface area contributed by atoms with E-state index in [4.69, 9.17) is 15.2 Å². The van der Waals surface area contributed by atoms with E-state index in [-0.39, 0.29) is 6.79 Å². The summed E-state index contributed by atoms with van der Waals surface area (Å²) in [6, 6.07) is 6.18. The lowest BCUT2D eigenvalue weighted by Gasteiger charge is -1.94. The van der Waals surface area contributed by atoms with Gasteiger partial charge in [-0.1, -0.05) is 0 Å². The summed E-state index contributed by atoms with van der Waals surface area (Å²) in [5, 5.41) is 0. The van der Waals surface area contributed by atoms with Crippen LogP contribution in [0.1, 0.15) is 0 Å². The zero-order valence-corrected chi connectivity index (χ0v) is 5.26. The molecule has 1 aliphatic heterocycles. The number of fused-ring (bicyclic) bond motifs is 1. The molecule has 2 N–H and O–H groups in total. The summed E-state index contributed by atoms with van der Waals surface area (Å²) >= 11 is 0. The van der Waals surface area contributed by atoms with E-state index in [0.717, 1.165) is 0 Å². The Balaban J connectivity index is 2.52. The monoisotopic (exact) mass is 136 g/mol. The molecule has 0 spiro atoms. The highest BCUT2D eigenvalue weighted by Gasteiger charge is 2.11. The highest BCUT2D eigenvalue weighted by atomic mass is 16.7. The van der Waals surface area contributed by atoms with Gasteiger partial charge in [-0.2, -0.15) is 0 Å². The van der Waals surface area contributed by atoms with E-state index in [9.17, 15) is 0 Å². The van der Waals surface area contributed by atoms with Gasteiger partial charge in [-0.15, -0.1) is 0 Å². The van der Waals surface area contributed by atoms with Crippen LogP contribution in [0.2, 0.25) is 0 Å². The molecule has 51 valence electrons. The van der Waals surface area contributed by atoms with E-state index in [1.54, 1.807) is 12.1 Å². The lowest BCUT2D eigenvalue weighted by atomic mass is 10.3. The van der Waals surface area contributed by atoms with Gasteiger partial charge < -0.3 is 15.2 Å². The molecule has 0 amide bonds. The highest BCUT2D eigenvalue weighted by Crippen LogP contribution is 2.32. The second-order valence-corrected chi connectivity index (χ2v) is 2.02. The molecule has 0 atom stereocenters. The maximum atomic E-state index is 5.44. The number of nitrogens with two attached hydrogens (primary N) is 1. The van der Waals surface area contributed by atoms with Gasteiger partial charge in [0, 0.05) is 17.8 Å². The van der Waals surface area contributed by atoms with Crippen molar-refractivity contribution in [1.29, 1.82) is 0 Å². The molecule has 1 radical (unpaired) electrons.